The van der Waals surface area contributed by atoms with Crippen LogP contribution in [0.25, 0.3) is 0 Å². The quantitative estimate of drug-likeness (QED) is 0.912. The third-order valence-corrected chi connectivity index (χ3v) is 4.80. The van der Waals surface area contributed by atoms with Crippen molar-refractivity contribution in [3.63, 3.8) is 0 Å². The number of amides is 1. The summed E-state index contributed by atoms with van der Waals surface area (Å²) in [6.07, 6.45) is 4.82. The second-order valence-electron chi connectivity index (χ2n) is 5.37. The molecule has 2 aromatic rings. The van der Waals surface area contributed by atoms with E-state index in [4.69, 9.17) is 5.73 Å². The maximum atomic E-state index is 12.1. The molecule has 5 heteroatoms. The predicted octanol–water partition coefficient (Wildman–Crippen LogP) is 3.05. The first-order valence-corrected chi connectivity index (χ1v) is 8.13. The number of rotatable bonds is 4. The van der Waals surface area contributed by atoms with E-state index in [0.29, 0.717) is 5.13 Å². The van der Waals surface area contributed by atoms with Crippen molar-refractivity contribution in [3.05, 3.63) is 46.5 Å². The fourth-order valence-corrected chi connectivity index (χ4v) is 3.66. The van der Waals surface area contributed by atoms with Gasteiger partial charge in [-0.3, -0.25) is 4.79 Å². The van der Waals surface area contributed by atoms with Crippen molar-refractivity contribution < 1.29 is 4.79 Å². The molecular formula is C16H19N3OS. The molecule has 1 atom stereocenters. The molecule has 1 amide bonds. The van der Waals surface area contributed by atoms with Crippen LogP contribution in [0, 0.1) is 0 Å². The van der Waals surface area contributed by atoms with Gasteiger partial charge in [0.15, 0.2) is 5.13 Å². The summed E-state index contributed by atoms with van der Waals surface area (Å²) in [7, 11) is 0. The summed E-state index contributed by atoms with van der Waals surface area (Å²) in [5.41, 5.74) is 8.21. The number of nitrogens with two attached hydrogens (primary N) is 1. The molecule has 1 aromatic carbocycles. The predicted molar refractivity (Wildman–Crippen MR) is 85.4 cm³/mol. The van der Waals surface area contributed by atoms with Gasteiger partial charge in [-0.1, -0.05) is 30.3 Å². The molecule has 3 rings (SSSR count). The molecule has 1 aliphatic rings. The van der Waals surface area contributed by atoms with Crippen LogP contribution in [0.2, 0.25) is 0 Å². The Hall–Kier alpha value is -1.72. The molecular weight excluding hydrogens is 282 g/mol. The maximum Gasteiger partial charge on any atom is 0.228 e. The van der Waals surface area contributed by atoms with E-state index < -0.39 is 0 Å². The minimum Gasteiger partial charge on any atom is -0.324 e. The molecule has 0 aliphatic heterocycles. The second-order valence-corrected chi connectivity index (χ2v) is 6.45. The van der Waals surface area contributed by atoms with Crippen molar-refractivity contribution in [2.24, 2.45) is 5.73 Å². The van der Waals surface area contributed by atoms with Crippen molar-refractivity contribution >= 4 is 22.4 Å². The second kappa shape index (κ2) is 6.37. The van der Waals surface area contributed by atoms with Gasteiger partial charge in [0.2, 0.25) is 5.91 Å². The van der Waals surface area contributed by atoms with E-state index in [1.165, 1.54) is 17.7 Å². The van der Waals surface area contributed by atoms with Crippen molar-refractivity contribution in [1.29, 1.82) is 0 Å². The Labute approximate surface area is 128 Å². The summed E-state index contributed by atoms with van der Waals surface area (Å²) < 4.78 is 0. The lowest BCUT2D eigenvalue weighted by Gasteiger charge is -2.10. The highest BCUT2D eigenvalue weighted by Gasteiger charge is 2.17. The van der Waals surface area contributed by atoms with Gasteiger partial charge in [-0.15, -0.1) is 11.3 Å². The molecule has 1 aliphatic carbocycles. The molecule has 0 saturated carbocycles. The first-order chi connectivity index (χ1) is 10.2. The van der Waals surface area contributed by atoms with E-state index in [9.17, 15) is 4.79 Å². The third kappa shape index (κ3) is 3.49. The normalized spacial score (nSPS) is 15.3. The number of hydrogen-bond donors (Lipinski definition) is 2. The number of nitrogens with one attached hydrogen (secondary N) is 1. The molecule has 0 saturated heterocycles. The monoisotopic (exact) mass is 301 g/mol. The van der Waals surface area contributed by atoms with E-state index in [0.717, 1.165) is 24.1 Å². The molecule has 4 nitrogen and oxygen atoms in total. The van der Waals surface area contributed by atoms with Gasteiger partial charge in [0.05, 0.1) is 5.69 Å². The molecule has 0 spiro atoms. The summed E-state index contributed by atoms with van der Waals surface area (Å²) in [4.78, 5) is 17.9. The average molecular weight is 301 g/mol. The number of aryl methyl sites for hydroxylation is 2. The lowest BCUT2D eigenvalue weighted by molar-refractivity contribution is -0.116. The Morgan fingerprint density at radius 2 is 2.05 bits per heavy atom. The molecule has 1 aromatic heterocycles. The van der Waals surface area contributed by atoms with Crippen LogP contribution < -0.4 is 11.1 Å². The number of carbonyl (C=O) groups is 1. The lowest BCUT2D eigenvalue weighted by Crippen LogP contribution is -2.20. The van der Waals surface area contributed by atoms with Crippen LogP contribution in [-0.4, -0.2) is 10.9 Å². The summed E-state index contributed by atoms with van der Waals surface area (Å²) in [5, 5.41) is 3.60. The van der Waals surface area contributed by atoms with Gasteiger partial charge >= 0.3 is 0 Å². The van der Waals surface area contributed by atoms with Crippen LogP contribution in [0.15, 0.2) is 30.3 Å². The Morgan fingerprint density at radius 3 is 2.81 bits per heavy atom. The number of fused-ring (bicyclic) bond motifs is 1. The van der Waals surface area contributed by atoms with Gasteiger partial charge in [-0.25, -0.2) is 4.98 Å². The van der Waals surface area contributed by atoms with Crippen molar-refractivity contribution in [2.45, 2.75) is 38.1 Å². The fraction of sp³-hybridized carbons (Fsp3) is 0.375. The first kappa shape index (κ1) is 14.2. The molecule has 3 N–H and O–H groups in total. The summed E-state index contributed by atoms with van der Waals surface area (Å²) >= 11 is 1.60. The minimum absolute atomic E-state index is 0.0718. The number of benzene rings is 1. The number of carbonyl (C=O) groups excluding carboxylic acids is 1. The van der Waals surface area contributed by atoms with Gasteiger partial charge in [-0.2, -0.15) is 0 Å². The van der Waals surface area contributed by atoms with Crippen LogP contribution in [-0.2, 0) is 17.6 Å². The summed E-state index contributed by atoms with van der Waals surface area (Å²) in [6, 6.07) is 9.42. The molecule has 21 heavy (non-hydrogen) atoms. The van der Waals surface area contributed by atoms with Crippen molar-refractivity contribution in [2.75, 3.05) is 5.32 Å². The molecule has 0 fully saturated rings. The van der Waals surface area contributed by atoms with E-state index in [1.54, 1.807) is 11.3 Å². The van der Waals surface area contributed by atoms with E-state index in [1.807, 2.05) is 30.3 Å². The number of hydrogen-bond acceptors (Lipinski definition) is 4. The van der Waals surface area contributed by atoms with Crippen LogP contribution in [0.3, 0.4) is 0 Å². The standard InChI is InChI=1S/C16H19N3OS/c17-12(11-6-2-1-3-7-11)10-15(20)19-16-18-13-8-4-5-9-14(13)21-16/h1-3,6-7,12H,4-5,8-10,17H2,(H,18,19,20). The zero-order valence-electron chi connectivity index (χ0n) is 11.8. The number of aromatic nitrogens is 1. The Kier molecular flexibility index (Phi) is 4.31. The van der Waals surface area contributed by atoms with Crippen LogP contribution in [0.1, 0.15) is 41.4 Å². The van der Waals surface area contributed by atoms with Gasteiger partial charge in [0.25, 0.3) is 0 Å². The molecule has 1 heterocycles. The zero-order chi connectivity index (χ0) is 14.7. The SMILES string of the molecule is NC(CC(=O)Nc1nc2c(s1)CCCC2)c1ccccc1. The first-order valence-electron chi connectivity index (χ1n) is 7.31. The van der Waals surface area contributed by atoms with Gasteiger partial charge < -0.3 is 11.1 Å². The Balaban J connectivity index is 1.60. The largest absolute Gasteiger partial charge is 0.324 e. The van der Waals surface area contributed by atoms with Gasteiger partial charge in [-0.05, 0) is 31.2 Å². The smallest absolute Gasteiger partial charge is 0.228 e. The molecule has 0 radical (unpaired) electrons. The van der Waals surface area contributed by atoms with E-state index in [2.05, 4.69) is 10.3 Å². The van der Waals surface area contributed by atoms with Gasteiger partial charge in [0.1, 0.15) is 0 Å². The fourth-order valence-electron chi connectivity index (χ4n) is 2.59. The maximum absolute atomic E-state index is 12.1. The van der Waals surface area contributed by atoms with Crippen molar-refractivity contribution in [3.8, 4) is 0 Å². The number of thiazole rings is 1. The highest BCUT2D eigenvalue weighted by molar-refractivity contribution is 7.15. The van der Waals surface area contributed by atoms with Crippen LogP contribution >= 0.6 is 11.3 Å². The van der Waals surface area contributed by atoms with E-state index in [-0.39, 0.29) is 18.4 Å². The lowest BCUT2D eigenvalue weighted by atomic mass is 10.0. The van der Waals surface area contributed by atoms with Crippen LogP contribution in [0.5, 0.6) is 0 Å². The summed E-state index contributed by atoms with van der Waals surface area (Å²) in [6.45, 7) is 0. The minimum atomic E-state index is -0.277. The molecule has 110 valence electrons. The Morgan fingerprint density at radius 1 is 1.29 bits per heavy atom. The van der Waals surface area contributed by atoms with Gasteiger partial charge in [0, 0.05) is 17.3 Å². The molecule has 0 bridgehead atoms. The highest BCUT2D eigenvalue weighted by Crippen LogP contribution is 2.29. The van der Waals surface area contributed by atoms with Crippen LogP contribution in [0.4, 0.5) is 5.13 Å². The third-order valence-electron chi connectivity index (χ3n) is 3.73. The van der Waals surface area contributed by atoms with Crippen molar-refractivity contribution in [1.82, 2.24) is 4.98 Å². The topological polar surface area (TPSA) is 68.0 Å². The summed E-state index contributed by atoms with van der Waals surface area (Å²) in [5.74, 6) is -0.0718. The Bertz CT molecular complexity index is 600. The number of anilines is 1. The number of nitrogens with zero attached hydrogens (tertiary/aromatic N) is 1. The van der Waals surface area contributed by atoms with E-state index >= 15 is 0 Å². The zero-order valence-corrected chi connectivity index (χ0v) is 12.7. The average Bonchev–Trinajstić information content (AvgIpc) is 2.90. The highest BCUT2D eigenvalue weighted by atomic mass is 32.1. The molecule has 1 unspecified atom stereocenters.